The molecule has 3 aromatic rings. The lowest BCUT2D eigenvalue weighted by atomic mass is 10.2. The molecule has 1 aliphatic heterocycles. The van der Waals surface area contributed by atoms with Crippen molar-refractivity contribution < 1.29 is 18.3 Å². The Kier molecular flexibility index (Phi) is 6.59. The van der Waals surface area contributed by atoms with Gasteiger partial charge >= 0.3 is 0 Å². The second kappa shape index (κ2) is 9.53. The van der Waals surface area contributed by atoms with Crippen molar-refractivity contribution in [2.75, 3.05) is 17.2 Å². The zero-order valence-corrected chi connectivity index (χ0v) is 17.9. The normalized spacial score (nSPS) is 16.1. The third kappa shape index (κ3) is 5.14. The maximum atomic E-state index is 12.9. The molecule has 2 heterocycles. The molecule has 0 N–H and O–H groups in total. The first-order valence-corrected chi connectivity index (χ1v) is 11.3. The molecule has 0 saturated heterocycles. The third-order valence-corrected chi connectivity index (χ3v) is 6.53. The van der Waals surface area contributed by atoms with Crippen LogP contribution in [0.1, 0.15) is 19.2 Å². The molecular formula is C21H20FN3O3S2. The van der Waals surface area contributed by atoms with Crippen LogP contribution >= 0.6 is 23.5 Å². The van der Waals surface area contributed by atoms with Crippen LogP contribution in [0, 0.1) is 5.82 Å². The van der Waals surface area contributed by atoms with Gasteiger partial charge in [0.2, 0.25) is 5.91 Å². The van der Waals surface area contributed by atoms with Crippen molar-refractivity contribution in [2.45, 2.75) is 35.3 Å². The fraction of sp³-hybridized carbons (Fsp3) is 0.286. The van der Waals surface area contributed by atoms with Crippen LogP contribution in [0.25, 0.3) is 0 Å². The minimum absolute atomic E-state index is 0.00413. The molecule has 1 amide bonds. The Morgan fingerprint density at radius 3 is 2.90 bits per heavy atom. The smallest absolute Gasteiger partial charge is 0.277 e. The number of aromatic nitrogens is 2. The highest BCUT2D eigenvalue weighted by atomic mass is 32.2. The predicted octanol–water partition coefficient (Wildman–Crippen LogP) is 4.80. The van der Waals surface area contributed by atoms with Crippen LogP contribution in [0.3, 0.4) is 0 Å². The van der Waals surface area contributed by atoms with E-state index in [4.69, 9.17) is 9.15 Å². The topological polar surface area (TPSA) is 68.5 Å². The number of halogens is 1. The van der Waals surface area contributed by atoms with Gasteiger partial charge in [-0.15, -0.1) is 22.0 Å². The number of fused-ring (bicyclic) bond motifs is 1. The lowest BCUT2D eigenvalue weighted by Crippen LogP contribution is -2.33. The third-order valence-electron chi connectivity index (χ3n) is 4.49. The molecule has 6 nitrogen and oxygen atoms in total. The Hall–Kier alpha value is -2.52. The number of hydrogen-bond acceptors (Lipinski definition) is 7. The maximum Gasteiger partial charge on any atom is 0.277 e. The molecule has 4 rings (SSSR count). The first-order chi connectivity index (χ1) is 14.6. The van der Waals surface area contributed by atoms with Gasteiger partial charge in [0.1, 0.15) is 11.6 Å². The number of benzene rings is 2. The molecule has 1 aliphatic rings. The molecule has 0 saturated carbocycles. The summed E-state index contributed by atoms with van der Waals surface area (Å²) in [5.74, 6) is 0.673. The Morgan fingerprint density at radius 1 is 1.27 bits per heavy atom. The van der Waals surface area contributed by atoms with E-state index in [0.29, 0.717) is 28.7 Å². The van der Waals surface area contributed by atoms with E-state index in [2.05, 4.69) is 23.2 Å². The van der Waals surface area contributed by atoms with Crippen LogP contribution in [0.2, 0.25) is 0 Å². The van der Waals surface area contributed by atoms with Gasteiger partial charge in [0.05, 0.1) is 11.4 Å². The Labute approximate surface area is 182 Å². The fourth-order valence-corrected chi connectivity index (χ4v) is 4.75. The van der Waals surface area contributed by atoms with Crippen LogP contribution in [-0.2, 0) is 11.4 Å². The molecule has 0 radical (unpaired) electrons. The first-order valence-electron chi connectivity index (χ1n) is 9.48. The number of carbonyl (C=O) groups is 1. The number of carbonyl (C=O) groups excluding carboxylic acids is 1. The lowest BCUT2D eigenvalue weighted by molar-refractivity contribution is -0.116. The molecule has 156 valence electrons. The zero-order valence-electron chi connectivity index (χ0n) is 16.3. The molecule has 0 bridgehead atoms. The molecule has 9 heteroatoms. The van der Waals surface area contributed by atoms with Crippen molar-refractivity contribution >= 4 is 35.1 Å². The minimum Gasteiger partial charge on any atom is -0.484 e. The van der Waals surface area contributed by atoms with Crippen molar-refractivity contribution in [3.63, 3.8) is 0 Å². The maximum absolute atomic E-state index is 12.9. The summed E-state index contributed by atoms with van der Waals surface area (Å²) < 4.78 is 24.0. The van der Waals surface area contributed by atoms with Gasteiger partial charge in [-0.05, 0) is 42.8 Å². The number of ether oxygens (including phenoxy) is 1. The fourth-order valence-electron chi connectivity index (χ4n) is 2.98. The number of thioether (sulfide) groups is 2. The summed E-state index contributed by atoms with van der Waals surface area (Å²) in [5.41, 5.74) is 0.955. The molecule has 1 aromatic heterocycles. The molecule has 0 aliphatic carbocycles. The average molecular weight is 446 g/mol. The van der Waals surface area contributed by atoms with Gasteiger partial charge in [-0.3, -0.25) is 4.79 Å². The van der Waals surface area contributed by atoms with Gasteiger partial charge in [-0.2, -0.15) is 0 Å². The molecule has 1 atom stereocenters. The van der Waals surface area contributed by atoms with E-state index in [1.165, 1.54) is 36.0 Å². The minimum atomic E-state index is -0.330. The molecule has 0 spiro atoms. The second-order valence-corrected chi connectivity index (χ2v) is 9.13. The number of nitrogens with zero attached hydrogens (tertiary/aromatic N) is 3. The summed E-state index contributed by atoms with van der Waals surface area (Å²) in [4.78, 5) is 15.9. The number of amides is 1. The summed E-state index contributed by atoms with van der Waals surface area (Å²) in [6.45, 7) is 2.94. The van der Waals surface area contributed by atoms with Crippen molar-refractivity contribution in [1.29, 1.82) is 0 Å². The van der Waals surface area contributed by atoms with Crippen molar-refractivity contribution in [2.24, 2.45) is 0 Å². The Balaban J connectivity index is 1.34. The molecule has 0 fully saturated rings. The summed E-state index contributed by atoms with van der Waals surface area (Å²) in [7, 11) is 0. The highest BCUT2D eigenvalue weighted by Gasteiger charge is 2.24. The SMILES string of the molecule is CC1CCN(C(=O)CSc2nnc(COc3ccc(F)cc3)o2)c2ccccc2S1. The number of hydrogen-bond donors (Lipinski definition) is 0. The van der Waals surface area contributed by atoms with E-state index in [1.54, 1.807) is 11.8 Å². The van der Waals surface area contributed by atoms with Gasteiger partial charge in [0.25, 0.3) is 11.1 Å². The summed E-state index contributed by atoms with van der Waals surface area (Å²) in [6.07, 6.45) is 0.932. The Bertz CT molecular complexity index is 1010. The van der Waals surface area contributed by atoms with E-state index < -0.39 is 0 Å². The average Bonchev–Trinajstić information content (AvgIpc) is 3.13. The van der Waals surface area contributed by atoms with E-state index in [-0.39, 0.29) is 24.1 Å². The van der Waals surface area contributed by atoms with Crippen LogP contribution in [0.15, 0.2) is 63.1 Å². The van der Waals surface area contributed by atoms with Gasteiger partial charge in [0.15, 0.2) is 6.61 Å². The summed E-state index contributed by atoms with van der Waals surface area (Å²) in [5, 5.41) is 8.67. The largest absolute Gasteiger partial charge is 0.484 e. The molecule has 2 aromatic carbocycles. The monoisotopic (exact) mass is 445 g/mol. The Morgan fingerprint density at radius 2 is 2.07 bits per heavy atom. The summed E-state index contributed by atoms with van der Waals surface area (Å²) in [6, 6.07) is 13.7. The van der Waals surface area contributed by atoms with E-state index in [0.717, 1.165) is 17.0 Å². The standard InChI is InChI=1S/C21H20FN3O3S2/c1-14-10-11-25(17-4-2-3-5-18(17)30-14)20(26)13-29-21-24-23-19(28-21)12-27-16-8-6-15(22)7-9-16/h2-9,14H,10-13H2,1H3. The van der Waals surface area contributed by atoms with E-state index in [9.17, 15) is 9.18 Å². The van der Waals surface area contributed by atoms with Crippen molar-refractivity contribution in [3.8, 4) is 5.75 Å². The molecule has 1 unspecified atom stereocenters. The van der Waals surface area contributed by atoms with Crippen LogP contribution in [-0.4, -0.2) is 33.7 Å². The number of anilines is 1. The second-order valence-electron chi connectivity index (χ2n) is 6.72. The van der Waals surface area contributed by atoms with E-state index >= 15 is 0 Å². The lowest BCUT2D eigenvalue weighted by Gasteiger charge is -2.22. The zero-order chi connectivity index (χ0) is 20.9. The van der Waals surface area contributed by atoms with Gasteiger partial charge in [0, 0.05) is 16.7 Å². The highest BCUT2D eigenvalue weighted by molar-refractivity contribution is 8.00. The quantitative estimate of drug-likeness (QED) is 0.505. The van der Waals surface area contributed by atoms with Gasteiger partial charge in [-0.25, -0.2) is 4.39 Å². The van der Waals surface area contributed by atoms with E-state index in [1.807, 2.05) is 23.1 Å². The van der Waals surface area contributed by atoms with Gasteiger partial charge < -0.3 is 14.1 Å². The van der Waals surface area contributed by atoms with Crippen molar-refractivity contribution in [3.05, 3.63) is 60.2 Å². The number of para-hydroxylation sites is 1. The van der Waals surface area contributed by atoms with Crippen LogP contribution in [0.5, 0.6) is 5.75 Å². The van der Waals surface area contributed by atoms with Crippen LogP contribution in [0.4, 0.5) is 10.1 Å². The number of rotatable bonds is 6. The highest BCUT2D eigenvalue weighted by Crippen LogP contribution is 2.37. The first kappa shape index (κ1) is 20.7. The summed E-state index contributed by atoms with van der Waals surface area (Å²) >= 11 is 3.01. The molecule has 30 heavy (non-hydrogen) atoms. The predicted molar refractivity (Wildman–Crippen MR) is 114 cm³/mol. The van der Waals surface area contributed by atoms with Gasteiger partial charge in [-0.1, -0.05) is 30.8 Å². The van der Waals surface area contributed by atoms with Crippen molar-refractivity contribution in [1.82, 2.24) is 10.2 Å². The van der Waals surface area contributed by atoms with Crippen LogP contribution < -0.4 is 9.64 Å². The molecular weight excluding hydrogens is 425 g/mol.